The largest absolute Gasteiger partial charge is 0.619 e. The summed E-state index contributed by atoms with van der Waals surface area (Å²) in [6.07, 6.45) is 2.96. The highest BCUT2D eigenvalue weighted by molar-refractivity contribution is 5.71. The molecule has 98 valence electrons. The average molecular weight is 258 g/mol. The molecule has 5 heteroatoms. The van der Waals surface area contributed by atoms with Gasteiger partial charge in [-0.05, 0) is 18.1 Å². The Balaban J connectivity index is 2.40. The van der Waals surface area contributed by atoms with E-state index in [1.54, 1.807) is 25.3 Å². The van der Waals surface area contributed by atoms with E-state index in [2.05, 4.69) is 4.98 Å². The second-order valence-electron chi connectivity index (χ2n) is 4.46. The molecule has 0 aliphatic heterocycles. The Morgan fingerprint density at radius 3 is 2.74 bits per heavy atom. The number of rotatable bonds is 3. The van der Waals surface area contributed by atoms with Gasteiger partial charge in [0.05, 0.1) is 12.1 Å². The summed E-state index contributed by atoms with van der Waals surface area (Å²) in [4.78, 5) is 14.9. The van der Waals surface area contributed by atoms with Gasteiger partial charge in [0, 0.05) is 30.8 Å². The SMILES string of the molecule is Cc1cc(CC(=O)O)cnc1-c1cc[n+]([O-])c(C)c1. The fourth-order valence-corrected chi connectivity index (χ4v) is 1.96. The smallest absolute Gasteiger partial charge is 0.307 e. The van der Waals surface area contributed by atoms with Gasteiger partial charge in [-0.1, -0.05) is 6.07 Å². The fraction of sp³-hybridized carbons (Fsp3) is 0.214. The van der Waals surface area contributed by atoms with Crippen LogP contribution in [0.3, 0.4) is 0 Å². The Morgan fingerprint density at radius 1 is 1.42 bits per heavy atom. The summed E-state index contributed by atoms with van der Waals surface area (Å²) in [5, 5.41) is 20.0. The van der Waals surface area contributed by atoms with Crippen LogP contribution in [0.25, 0.3) is 11.3 Å². The zero-order valence-corrected chi connectivity index (χ0v) is 10.8. The van der Waals surface area contributed by atoms with E-state index in [1.165, 1.54) is 6.20 Å². The molecule has 2 rings (SSSR count). The van der Waals surface area contributed by atoms with Crippen molar-refractivity contribution in [2.75, 3.05) is 0 Å². The van der Waals surface area contributed by atoms with Crippen molar-refractivity contribution < 1.29 is 14.6 Å². The van der Waals surface area contributed by atoms with Crippen molar-refractivity contribution in [1.82, 2.24) is 4.98 Å². The summed E-state index contributed by atoms with van der Waals surface area (Å²) < 4.78 is 0.789. The van der Waals surface area contributed by atoms with Crippen LogP contribution in [0.1, 0.15) is 16.8 Å². The average Bonchev–Trinajstić information content (AvgIpc) is 2.32. The highest BCUT2D eigenvalue weighted by Gasteiger charge is 2.09. The van der Waals surface area contributed by atoms with Gasteiger partial charge in [0.1, 0.15) is 0 Å². The van der Waals surface area contributed by atoms with Crippen molar-refractivity contribution in [2.24, 2.45) is 0 Å². The van der Waals surface area contributed by atoms with Crippen LogP contribution < -0.4 is 4.73 Å². The van der Waals surface area contributed by atoms with Gasteiger partial charge in [0.15, 0.2) is 11.9 Å². The third-order valence-corrected chi connectivity index (χ3v) is 2.87. The first-order valence-electron chi connectivity index (χ1n) is 5.85. The van der Waals surface area contributed by atoms with Crippen LogP contribution in [0.2, 0.25) is 0 Å². The number of aliphatic carboxylic acids is 1. The number of aromatic nitrogens is 2. The van der Waals surface area contributed by atoms with Gasteiger partial charge in [-0.3, -0.25) is 9.78 Å². The van der Waals surface area contributed by atoms with Gasteiger partial charge in [0.2, 0.25) is 0 Å². The van der Waals surface area contributed by atoms with Gasteiger partial charge in [-0.2, -0.15) is 4.73 Å². The van der Waals surface area contributed by atoms with Crippen LogP contribution in [0, 0.1) is 19.1 Å². The molecule has 0 atom stereocenters. The second-order valence-corrected chi connectivity index (χ2v) is 4.46. The molecule has 0 saturated carbocycles. The van der Waals surface area contributed by atoms with Crippen molar-refractivity contribution in [2.45, 2.75) is 20.3 Å². The predicted octanol–water partition coefficient (Wildman–Crippen LogP) is 1.63. The maximum atomic E-state index is 11.3. The molecule has 0 aliphatic rings. The first-order chi connectivity index (χ1) is 8.97. The molecule has 2 aromatic rings. The van der Waals surface area contributed by atoms with E-state index < -0.39 is 5.97 Å². The molecule has 0 spiro atoms. The molecule has 19 heavy (non-hydrogen) atoms. The van der Waals surface area contributed by atoms with Gasteiger partial charge >= 0.3 is 5.97 Å². The summed E-state index contributed by atoms with van der Waals surface area (Å²) in [6, 6.07) is 5.27. The highest BCUT2D eigenvalue weighted by Crippen LogP contribution is 2.21. The molecule has 0 radical (unpaired) electrons. The zero-order valence-electron chi connectivity index (χ0n) is 10.8. The second kappa shape index (κ2) is 5.06. The van der Waals surface area contributed by atoms with Crippen LogP contribution in [0.4, 0.5) is 0 Å². The standard InChI is InChI=1S/C14H14N2O3/c1-9-5-11(7-13(17)18)8-15-14(9)12-3-4-16(19)10(2)6-12/h3-6,8H,7H2,1-2H3,(H,17,18). The number of nitrogens with zero attached hydrogens (tertiary/aromatic N) is 2. The van der Waals surface area contributed by atoms with E-state index in [-0.39, 0.29) is 6.42 Å². The van der Waals surface area contributed by atoms with Crippen LogP contribution in [0.15, 0.2) is 30.6 Å². The molecule has 0 saturated heterocycles. The molecule has 5 nitrogen and oxygen atoms in total. The van der Waals surface area contributed by atoms with Gasteiger partial charge < -0.3 is 10.3 Å². The first kappa shape index (κ1) is 13.0. The summed E-state index contributed by atoms with van der Waals surface area (Å²) in [6.45, 7) is 3.60. The molecule has 0 fully saturated rings. The Bertz CT molecular complexity index is 639. The first-order valence-corrected chi connectivity index (χ1v) is 5.85. The number of aryl methyl sites for hydroxylation is 2. The molecule has 0 aliphatic carbocycles. The molecular weight excluding hydrogens is 244 g/mol. The third kappa shape index (κ3) is 2.88. The molecule has 1 N–H and O–H groups in total. The fourth-order valence-electron chi connectivity index (χ4n) is 1.96. The summed E-state index contributed by atoms with van der Waals surface area (Å²) in [5.41, 5.74) is 3.76. The van der Waals surface area contributed by atoms with Gasteiger partial charge in [-0.25, -0.2) is 0 Å². The number of carboxylic acids is 1. The molecular formula is C14H14N2O3. The zero-order chi connectivity index (χ0) is 14.0. The van der Waals surface area contributed by atoms with E-state index in [0.29, 0.717) is 11.3 Å². The van der Waals surface area contributed by atoms with Crippen molar-refractivity contribution in [1.29, 1.82) is 0 Å². The van der Waals surface area contributed by atoms with Crippen molar-refractivity contribution in [3.05, 3.63) is 52.6 Å². The van der Waals surface area contributed by atoms with Gasteiger partial charge in [-0.15, -0.1) is 0 Å². The lowest BCUT2D eigenvalue weighted by molar-refractivity contribution is -0.612. The van der Waals surface area contributed by atoms with E-state index in [4.69, 9.17) is 5.11 Å². The molecule has 2 heterocycles. The van der Waals surface area contributed by atoms with E-state index in [1.807, 2.05) is 13.0 Å². The van der Waals surface area contributed by atoms with Crippen LogP contribution in [0.5, 0.6) is 0 Å². The third-order valence-electron chi connectivity index (χ3n) is 2.87. The molecule has 0 bridgehead atoms. The number of pyridine rings is 2. The Hall–Kier alpha value is -2.43. The van der Waals surface area contributed by atoms with Crippen LogP contribution in [-0.4, -0.2) is 16.1 Å². The minimum atomic E-state index is -0.878. The summed E-state index contributed by atoms with van der Waals surface area (Å²) >= 11 is 0. The molecule has 2 aromatic heterocycles. The monoisotopic (exact) mass is 258 g/mol. The number of carbonyl (C=O) groups is 1. The number of hydrogen-bond donors (Lipinski definition) is 1. The predicted molar refractivity (Wildman–Crippen MR) is 69.4 cm³/mol. The van der Waals surface area contributed by atoms with Gasteiger partial charge in [0.25, 0.3) is 0 Å². The topological polar surface area (TPSA) is 77.1 Å². The normalized spacial score (nSPS) is 10.4. The minimum Gasteiger partial charge on any atom is -0.619 e. The van der Waals surface area contributed by atoms with E-state index in [9.17, 15) is 10.0 Å². The lowest BCUT2D eigenvalue weighted by atomic mass is 10.0. The van der Waals surface area contributed by atoms with E-state index in [0.717, 1.165) is 21.6 Å². The molecule has 0 aromatic carbocycles. The van der Waals surface area contributed by atoms with E-state index >= 15 is 0 Å². The van der Waals surface area contributed by atoms with Crippen molar-refractivity contribution in [3.63, 3.8) is 0 Å². The van der Waals surface area contributed by atoms with Crippen LogP contribution >= 0.6 is 0 Å². The highest BCUT2D eigenvalue weighted by atomic mass is 16.5. The summed E-state index contributed by atoms with van der Waals surface area (Å²) in [7, 11) is 0. The molecule has 0 unspecified atom stereocenters. The minimum absolute atomic E-state index is 0.0392. The molecule has 0 amide bonds. The Morgan fingerprint density at radius 2 is 2.16 bits per heavy atom. The van der Waals surface area contributed by atoms with Crippen LogP contribution in [-0.2, 0) is 11.2 Å². The Kier molecular flexibility index (Phi) is 3.46. The summed E-state index contributed by atoms with van der Waals surface area (Å²) in [5.74, 6) is -0.878. The maximum Gasteiger partial charge on any atom is 0.307 e. The lowest BCUT2D eigenvalue weighted by Gasteiger charge is -2.08. The number of carboxylic acid groups (broad SMARTS) is 1. The van der Waals surface area contributed by atoms with Crippen molar-refractivity contribution in [3.8, 4) is 11.3 Å². The maximum absolute atomic E-state index is 11.3. The Labute approximate surface area is 110 Å². The number of hydrogen-bond acceptors (Lipinski definition) is 3. The quantitative estimate of drug-likeness (QED) is 0.670. The van der Waals surface area contributed by atoms with Crippen molar-refractivity contribution >= 4 is 5.97 Å². The lowest BCUT2D eigenvalue weighted by Crippen LogP contribution is -2.28.